The van der Waals surface area contributed by atoms with Crippen LogP contribution in [0, 0.1) is 0 Å². The Kier molecular flexibility index (Phi) is 5.22. The summed E-state index contributed by atoms with van der Waals surface area (Å²) in [7, 11) is 2.27. The molecule has 3 atom stereocenters. The lowest BCUT2D eigenvalue weighted by Gasteiger charge is -2.43. The molecule has 0 saturated carbocycles. The van der Waals surface area contributed by atoms with Gasteiger partial charge in [-0.05, 0) is 57.3 Å². The normalized spacial score (nSPS) is 26.1. The third-order valence-corrected chi connectivity index (χ3v) is 4.79. The van der Waals surface area contributed by atoms with E-state index in [1.807, 2.05) is 0 Å². The lowest BCUT2D eigenvalue weighted by atomic mass is 9.77. The fourth-order valence-corrected chi connectivity index (χ4v) is 3.41. The van der Waals surface area contributed by atoms with E-state index < -0.39 is 0 Å². The van der Waals surface area contributed by atoms with Gasteiger partial charge in [0.1, 0.15) is 0 Å². The molecule has 1 aromatic rings. The van der Waals surface area contributed by atoms with Crippen LogP contribution in [-0.4, -0.2) is 30.6 Å². The van der Waals surface area contributed by atoms with E-state index in [1.165, 1.54) is 24.0 Å². The van der Waals surface area contributed by atoms with E-state index in [2.05, 4.69) is 69.2 Å². The van der Waals surface area contributed by atoms with E-state index in [1.54, 1.807) is 0 Å². The fourth-order valence-electron chi connectivity index (χ4n) is 3.41. The summed E-state index contributed by atoms with van der Waals surface area (Å²) in [4.78, 5) is 2.54. The van der Waals surface area contributed by atoms with Gasteiger partial charge in [0.2, 0.25) is 0 Å². The maximum Gasteiger partial charge on any atom is 0.0481 e. The maximum atomic E-state index is 3.79. The fraction of sp³-hybridized carbons (Fsp3) is 0.667. The molecule has 2 nitrogen and oxygen atoms in total. The summed E-state index contributed by atoms with van der Waals surface area (Å²) in [6.45, 7) is 10.3. The van der Waals surface area contributed by atoms with Crippen LogP contribution in [0.3, 0.4) is 0 Å². The van der Waals surface area contributed by atoms with Gasteiger partial charge in [-0.3, -0.25) is 4.90 Å². The molecule has 0 heterocycles. The Morgan fingerprint density at radius 2 is 1.90 bits per heavy atom. The van der Waals surface area contributed by atoms with Crippen LogP contribution in [0.1, 0.15) is 63.6 Å². The molecule has 0 fully saturated rings. The Morgan fingerprint density at radius 3 is 2.50 bits per heavy atom. The molecule has 1 aliphatic carbocycles. The summed E-state index contributed by atoms with van der Waals surface area (Å²) in [6, 6.07) is 10.6. The van der Waals surface area contributed by atoms with Crippen molar-refractivity contribution in [3.05, 3.63) is 35.4 Å². The number of rotatable bonds is 5. The zero-order valence-electron chi connectivity index (χ0n) is 13.7. The van der Waals surface area contributed by atoms with Gasteiger partial charge in [0.25, 0.3) is 0 Å². The molecule has 0 aromatic heterocycles. The molecule has 1 aromatic carbocycles. The summed E-state index contributed by atoms with van der Waals surface area (Å²) in [6.07, 6.45) is 2.43. The van der Waals surface area contributed by atoms with E-state index in [-0.39, 0.29) is 0 Å². The van der Waals surface area contributed by atoms with Crippen molar-refractivity contribution in [1.82, 2.24) is 10.2 Å². The predicted molar refractivity (Wildman–Crippen MR) is 87.2 cm³/mol. The Hall–Kier alpha value is -0.860. The second-order valence-corrected chi connectivity index (χ2v) is 6.52. The van der Waals surface area contributed by atoms with Gasteiger partial charge in [0.05, 0.1) is 0 Å². The third-order valence-electron chi connectivity index (χ3n) is 4.79. The Balaban J connectivity index is 2.33. The van der Waals surface area contributed by atoms with Crippen LogP contribution >= 0.6 is 0 Å². The molecule has 2 heteroatoms. The molecule has 0 radical (unpaired) electrons. The summed E-state index contributed by atoms with van der Waals surface area (Å²) >= 11 is 0. The van der Waals surface area contributed by atoms with Crippen molar-refractivity contribution in [1.29, 1.82) is 0 Å². The van der Waals surface area contributed by atoms with Crippen LogP contribution in [0.25, 0.3) is 0 Å². The van der Waals surface area contributed by atoms with Crippen LogP contribution in [0.2, 0.25) is 0 Å². The molecule has 1 aliphatic rings. The highest BCUT2D eigenvalue weighted by molar-refractivity contribution is 5.36. The van der Waals surface area contributed by atoms with Gasteiger partial charge in [-0.25, -0.2) is 0 Å². The number of benzene rings is 1. The van der Waals surface area contributed by atoms with Crippen molar-refractivity contribution in [2.45, 2.75) is 64.6 Å². The first-order chi connectivity index (χ1) is 9.56. The number of fused-ring (bicyclic) bond motifs is 1. The van der Waals surface area contributed by atoms with Crippen molar-refractivity contribution >= 4 is 0 Å². The highest BCUT2D eigenvalue weighted by atomic mass is 15.2. The van der Waals surface area contributed by atoms with Gasteiger partial charge in [0.15, 0.2) is 0 Å². The van der Waals surface area contributed by atoms with Gasteiger partial charge in [-0.15, -0.1) is 0 Å². The molecule has 0 aliphatic heterocycles. The second kappa shape index (κ2) is 6.73. The van der Waals surface area contributed by atoms with Crippen LogP contribution in [-0.2, 0) is 0 Å². The van der Waals surface area contributed by atoms with E-state index in [4.69, 9.17) is 0 Å². The minimum Gasteiger partial charge on any atom is -0.309 e. The number of likely N-dealkylation sites (N-methyl/N-ethyl adjacent to an activating group) is 1. The Morgan fingerprint density at radius 1 is 1.25 bits per heavy atom. The SMILES string of the molecule is CCCNC1c2ccccc2C(C)CC1N(C)C(C)C. The van der Waals surface area contributed by atoms with Crippen molar-refractivity contribution in [3.63, 3.8) is 0 Å². The second-order valence-electron chi connectivity index (χ2n) is 6.52. The number of hydrogen-bond acceptors (Lipinski definition) is 2. The average Bonchev–Trinajstić information content (AvgIpc) is 2.45. The van der Waals surface area contributed by atoms with E-state index >= 15 is 0 Å². The minimum atomic E-state index is 0.467. The monoisotopic (exact) mass is 274 g/mol. The standard InChI is InChI=1S/C18H30N2/c1-6-11-19-18-16-10-8-7-9-15(16)14(4)12-17(18)20(5)13(2)3/h7-10,13-14,17-19H,6,11-12H2,1-5H3. The molecule has 1 N–H and O–H groups in total. The number of nitrogens with one attached hydrogen (secondary N) is 1. The zero-order chi connectivity index (χ0) is 14.7. The topological polar surface area (TPSA) is 15.3 Å². The Bertz CT molecular complexity index is 427. The molecule has 20 heavy (non-hydrogen) atoms. The maximum absolute atomic E-state index is 3.79. The van der Waals surface area contributed by atoms with Gasteiger partial charge in [0, 0.05) is 18.1 Å². The molecule has 0 bridgehead atoms. The average molecular weight is 274 g/mol. The quantitative estimate of drug-likeness (QED) is 0.875. The third kappa shape index (κ3) is 3.07. The van der Waals surface area contributed by atoms with Crippen molar-refractivity contribution in [3.8, 4) is 0 Å². The van der Waals surface area contributed by atoms with Crippen molar-refractivity contribution in [2.75, 3.05) is 13.6 Å². The predicted octanol–water partition coefficient (Wildman–Crippen LogP) is 3.94. The zero-order valence-corrected chi connectivity index (χ0v) is 13.7. The van der Waals surface area contributed by atoms with E-state index in [9.17, 15) is 0 Å². The highest BCUT2D eigenvalue weighted by Gasteiger charge is 2.35. The van der Waals surface area contributed by atoms with Gasteiger partial charge >= 0.3 is 0 Å². The molecule has 112 valence electrons. The summed E-state index contributed by atoms with van der Waals surface area (Å²) in [5.74, 6) is 0.650. The first-order valence-corrected chi connectivity index (χ1v) is 8.10. The number of nitrogens with zero attached hydrogens (tertiary/aromatic N) is 1. The van der Waals surface area contributed by atoms with E-state index in [0.717, 1.165) is 6.54 Å². The summed E-state index contributed by atoms with van der Waals surface area (Å²) in [5.41, 5.74) is 3.05. The first kappa shape index (κ1) is 15.5. The molecule has 3 unspecified atom stereocenters. The van der Waals surface area contributed by atoms with Crippen LogP contribution in [0.15, 0.2) is 24.3 Å². The molecular weight excluding hydrogens is 244 g/mol. The van der Waals surface area contributed by atoms with Crippen LogP contribution in [0.4, 0.5) is 0 Å². The molecule has 0 amide bonds. The number of hydrogen-bond donors (Lipinski definition) is 1. The van der Waals surface area contributed by atoms with Gasteiger partial charge in [-0.2, -0.15) is 0 Å². The lowest BCUT2D eigenvalue weighted by molar-refractivity contribution is 0.131. The molecule has 2 rings (SSSR count). The van der Waals surface area contributed by atoms with Gasteiger partial charge in [-0.1, -0.05) is 38.1 Å². The van der Waals surface area contributed by atoms with Crippen molar-refractivity contribution in [2.24, 2.45) is 0 Å². The largest absolute Gasteiger partial charge is 0.309 e. The summed E-state index contributed by atoms with van der Waals surface area (Å²) in [5, 5.41) is 3.79. The minimum absolute atomic E-state index is 0.467. The smallest absolute Gasteiger partial charge is 0.0481 e. The summed E-state index contributed by atoms with van der Waals surface area (Å²) < 4.78 is 0. The lowest BCUT2D eigenvalue weighted by Crippen LogP contribution is -2.48. The first-order valence-electron chi connectivity index (χ1n) is 8.10. The molecule has 0 saturated heterocycles. The Labute approximate surface area is 124 Å². The highest BCUT2D eigenvalue weighted by Crippen LogP contribution is 2.39. The van der Waals surface area contributed by atoms with Gasteiger partial charge < -0.3 is 5.32 Å². The van der Waals surface area contributed by atoms with Crippen molar-refractivity contribution < 1.29 is 0 Å². The van der Waals surface area contributed by atoms with Crippen LogP contribution in [0.5, 0.6) is 0 Å². The molecular formula is C18H30N2. The molecule has 0 spiro atoms. The van der Waals surface area contributed by atoms with E-state index in [0.29, 0.717) is 24.0 Å². The van der Waals surface area contributed by atoms with Crippen LogP contribution < -0.4 is 5.32 Å².